The van der Waals surface area contributed by atoms with Crippen LogP contribution in [0.3, 0.4) is 0 Å². The van der Waals surface area contributed by atoms with Crippen LogP contribution >= 0.6 is 0 Å². The summed E-state index contributed by atoms with van der Waals surface area (Å²) in [5.74, 6) is 1.29. The molecule has 1 aliphatic heterocycles. The standard InChI is InChI=1S/C30H31NO3/c1-30(25-11-4-21(5-12-25)6-17-29(32)34-3)28-16-15-27(33-2)20-24(28)18-19-31(30)26-13-9-23(10-14-26)22-7-8-22/h4-6,9-17,20,22H,7-8,18-19H2,1-3H3. The molecule has 34 heavy (non-hydrogen) atoms. The first kappa shape index (κ1) is 22.3. The Hall–Kier alpha value is -3.53. The Bertz CT molecular complexity index is 1210. The maximum atomic E-state index is 11.5. The number of benzene rings is 3. The van der Waals surface area contributed by atoms with Crippen molar-refractivity contribution >= 4 is 17.7 Å². The molecule has 0 spiro atoms. The van der Waals surface area contributed by atoms with E-state index in [2.05, 4.69) is 78.6 Å². The highest BCUT2D eigenvalue weighted by Gasteiger charge is 2.40. The molecule has 1 unspecified atom stereocenters. The highest BCUT2D eigenvalue weighted by atomic mass is 16.5. The van der Waals surface area contributed by atoms with Crippen LogP contribution in [0.4, 0.5) is 5.69 Å². The van der Waals surface area contributed by atoms with Crippen LogP contribution in [-0.4, -0.2) is 26.7 Å². The zero-order valence-corrected chi connectivity index (χ0v) is 20.1. The summed E-state index contributed by atoms with van der Waals surface area (Å²) in [5.41, 5.74) is 7.14. The first-order valence-corrected chi connectivity index (χ1v) is 11.9. The van der Waals surface area contributed by atoms with Crippen molar-refractivity contribution < 1.29 is 14.3 Å². The Morgan fingerprint density at radius 3 is 2.38 bits per heavy atom. The predicted molar refractivity (Wildman–Crippen MR) is 136 cm³/mol. The minimum atomic E-state index is -0.355. The molecule has 3 aromatic rings. The number of anilines is 1. The van der Waals surface area contributed by atoms with Gasteiger partial charge in [-0.1, -0.05) is 42.5 Å². The molecule has 0 bridgehead atoms. The average molecular weight is 454 g/mol. The van der Waals surface area contributed by atoms with E-state index in [9.17, 15) is 4.79 Å². The van der Waals surface area contributed by atoms with E-state index in [0.29, 0.717) is 0 Å². The first-order chi connectivity index (χ1) is 16.5. The van der Waals surface area contributed by atoms with Gasteiger partial charge in [-0.2, -0.15) is 0 Å². The fraction of sp³-hybridized carbons (Fsp3) is 0.300. The lowest BCUT2D eigenvalue weighted by Crippen LogP contribution is -2.49. The minimum absolute atomic E-state index is 0.342. The molecule has 1 aliphatic carbocycles. The summed E-state index contributed by atoms with van der Waals surface area (Å²) in [7, 11) is 3.11. The van der Waals surface area contributed by atoms with Crippen LogP contribution in [-0.2, 0) is 21.5 Å². The fourth-order valence-corrected chi connectivity index (χ4v) is 5.17. The maximum Gasteiger partial charge on any atom is 0.330 e. The molecule has 0 saturated heterocycles. The van der Waals surface area contributed by atoms with Crippen molar-refractivity contribution in [1.82, 2.24) is 0 Å². The molecule has 0 aromatic heterocycles. The highest BCUT2D eigenvalue weighted by molar-refractivity contribution is 5.86. The molecular formula is C30H31NO3. The van der Waals surface area contributed by atoms with Gasteiger partial charge in [0, 0.05) is 18.3 Å². The number of nitrogens with zero attached hydrogens (tertiary/aromatic N) is 1. The van der Waals surface area contributed by atoms with E-state index in [4.69, 9.17) is 9.47 Å². The van der Waals surface area contributed by atoms with Gasteiger partial charge in [0.1, 0.15) is 5.75 Å². The Labute approximate surface area is 201 Å². The van der Waals surface area contributed by atoms with Crippen molar-refractivity contribution in [2.75, 3.05) is 25.7 Å². The van der Waals surface area contributed by atoms with Crippen LogP contribution in [0.1, 0.15) is 53.5 Å². The lowest BCUT2D eigenvalue weighted by molar-refractivity contribution is -0.134. The molecule has 0 radical (unpaired) electrons. The zero-order chi connectivity index (χ0) is 23.7. The molecule has 0 amide bonds. The van der Waals surface area contributed by atoms with Crippen LogP contribution in [0.5, 0.6) is 5.75 Å². The maximum absolute atomic E-state index is 11.5. The fourth-order valence-electron chi connectivity index (χ4n) is 5.17. The van der Waals surface area contributed by atoms with Crippen molar-refractivity contribution in [3.63, 3.8) is 0 Å². The Morgan fingerprint density at radius 1 is 1.00 bits per heavy atom. The molecule has 174 valence electrons. The van der Waals surface area contributed by atoms with Crippen LogP contribution in [0.15, 0.2) is 72.8 Å². The molecule has 1 heterocycles. The van der Waals surface area contributed by atoms with E-state index >= 15 is 0 Å². The Balaban J connectivity index is 1.56. The summed E-state index contributed by atoms with van der Waals surface area (Å²) in [5, 5.41) is 0. The van der Waals surface area contributed by atoms with Gasteiger partial charge in [-0.3, -0.25) is 0 Å². The third kappa shape index (κ3) is 4.09. The second-order valence-corrected chi connectivity index (χ2v) is 9.34. The third-order valence-corrected chi connectivity index (χ3v) is 7.32. The van der Waals surface area contributed by atoms with Gasteiger partial charge < -0.3 is 14.4 Å². The number of rotatable bonds is 6. The van der Waals surface area contributed by atoms with Crippen LogP contribution in [0, 0.1) is 0 Å². The summed E-state index contributed by atoms with van der Waals surface area (Å²) >= 11 is 0. The largest absolute Gasteiger partial charge is 0.497 e. The van der Waals surface area contributed by atoms with Crippen LogP contribution in [0.25, 0.3) is 6.08 Å². The van der Waals surface area contributed by atoms with Gasteiger partial charge in [-0.25, -0.2) is 4.79 Å². The van der Waals surface area contributed by atoms with Gasteiger partial charge in [0.05, 0.1) is 19.8 Å². The van der Waals surface area contributed by atoms with E-state index in [1.54, 1.807) is 13.2 Å². The van der Waals surface area contributed by atoms with E-state index in [0.717, 1.165) is 30.2 Å². The van der Waals surface area contributed by atoms with E-state index in [1.165, 1.54) is 54.0 Å². The van der Waals surface area contributed by atoms with Crippen molar-refractivity contribution in [1.29, 1.82) is 0 Å². The molecular weight excluding hydrogens is 422 g/mol. The van der Waals surface area contributed by atoms with E-state index in [1.807, 2.05) is 0 Å². The van der Waals surface area contributed by atoms with E-state index < -0.39 is 0 Å². The van der Waals surface area contributed by atoms with Gasteiger partial charge in [0.15, 0.2) is 0 Å². The molecule has 0 N–H and O–H groups in total. The van der Waals surface area contributed by atoms with Gasteiger partial charge in [0.25, 0.3) is 0 Å². The normalized spacial score (nSPS) is 19.7. The summed E-state index contributed by atoms with van der Waals surface area (Å²) in [6.07, 6.45) is 6.82. The summed E-state index contributed by atoms with van der Waals surface area (Å²) in [4.78, 5) is 14.0. The Morgan fingerprint density at radius 2 is 1.74 bits per heavy atom. The number of methoxy groups -OCH3 is 2. The quantitative estimate of drug-likeness (QED) is 0.335. The molecule has 4 nitrogen and oxygen atoms in total. The van der Waals surface area contributed by atoms with Crippen molar-refractivity contribution in [3.8, 4) is 5.75 Å². The smallest absolute Gasteiger partial charge is 0.330 e. The zero-order valence-electron chi connectivity index (χ0n) is 20.1. The lowest BCUT2D eigenvalue weighted by Gasteiger charge is -2.48. The number of esters is 1. The van der Waals surface area contributed by atoms with Crippen molar-refractivity contribution in [2.24, 2.45) is 0 Å². The minimum Gasteiger partial charge on any atom is -0.497 e. The van der Waals surface area contributed by atoms with Crippen molar-refractivity contribution in [2.45, 2.75) is 37.6 Å². The SMILES string of the molecule is COC(=O)C=Cc1ccc(C2(C)c3ccc(OC)cc3CCN2c2ccc(C3CC3)cc2)cc1. The average Bonchev–Trinajstić information content (AvgIpc) is 3.73. The second-order valence-electron chi connectivity index (χ2n) is 9.34. The third-order valence-electron chi connectivity index (χ3n) is 7.32. The van der Waals surface area contributed by atoms with Gasteiger partial charge in [0.2, 0.25) is 0 Å². The van der Waals surface area contributed by atoms with Gasteiger partial charge in [-0.15, -0.1) is 0 Å². The molecule has 5 rings (SSSR count). The van der Waals surface area contributed by atoms with Crippen LogP contribution < -0.4 is 9.64 Å². The molecule has 3 aromatic carbocycles. The van der Waals surface area contributed by atoms with E-state index in [-0.39, 0.29) is 11.5 Å². The highest BCUT2D eigenvalue weighted by Crippen LogP contribution is 2.45. The number of hydrogen-bond donors (Lipinski definition) is 0. The predicted octanol–water partition coefficient (Wildman–Crippen LogP) is 6.09. The molecule has 1 fully saturated rings. The monoisotopic (exact) mass is 453 g/mol. The number of ether oxygens (including phenoxy) is 2. The summed E-state index contributed by atoms with van der Waals surface area (Å²) in [6.45, 7) is 3.23. The first-order valence-electron chi connectivity index (χ1n) is 11.9. The van der Waals surface area contributed by atoms with Crippen molar-refractivity contribution in [3.05, 3.63) is 101 Å². The Kier molecular flexibility index (Phi) is 5.91. The molecule has 2 aliphatic rings. The number of hydrogen-bond acceptors (Lipinski definition) is 4. The summed E-state index contributed by atoms with van der Waals surface area (Å²) < 4.78 is 10.2. The lowest BCUT2D eigenvalue weighted by atomic mass is 9.76. The molecule has 1 atom stereocenters. The topological polar surface area (TPSA) is 38.8 Å². The second kappa shape index (κ2) is 9.02. The molecule has 4 heteroatoms. The van der Waals surface area contributed by atoms with Gasteiger partial charge >= 0.3 is 5.97 Å². The number of carbonyl (C=O) groups is 1. The molecule has 1 saturated carbocycles. The van der Waals surface area contributed by atoms with Gasteiger partial charge in [-0.05, 0) is 90.3 Å². The number of fused-ring (bicyclic) bond motifs is 1. The summed E-state index contributed by atoms with van der Waals surface area (Å²) in [6, 6.07) is 24.1. The number of carbonyl (C=O) groups excluding carboxylic acids is 1. The van der Waals surface area contributed by atoms with Crippen LogP contribution in [0.2, 0.25) is 0 Å².